The number of ether oxygens (including phenoxy) is 7. The Morgan fingerprint density at radius 1 is 0.531 bits per heavy atom. The Balaban J connectivity index is 1.99. The molecule has 6 atom stereocenters. The van der Waals surface area contributed by atoms with E-state index in [4.69, 9.17) is 33.2 Å². The number of nitrogens with one attached hydrogen (secondary N) is 1. The Morgan fingerprint density at radius 2 is 0.864 bits per heavy atom. The Bertz CT molecular complexity index is 2270. The van der Waals surface area contributed by atoms with Crippen LogP contribution >= 0.6 is 0 Å². The van der Waals surface area contributed by atoms with E-state index in [0.717, 1.165) is 116 Å². The summed E-state index contributed by atoms with van der Waals surface area (Å²) in [6, 6.07) is 6.40. The van der Waals surface area contributed by atoms with E-state index < -0.39 is 67.0 Å². The van der Waals surface area contributed by atoms with Gasteiger partial charge < -0.3 is 48.7 Å². The standard InChI is InChI=1S/C61H103NO17S2/c1-6-10-14-18-22-26-30-34-42-74-50-40-38-48(46-52(50)76-44-36-32-28-24-20-16-12-8-3)57(63)62-54-55(61(66,81(70,71)72)56(79-60(54)73-5)59(65)80(67,68)69)78-58(64)49-39-41-51(75-43-35-31-27-23-19-15-11-7-2)53(47-49)77-45-37-33-29-25-21-17-13-9-4/h38-41,46-47,54-56,59-60,65-66H,6-37,42-45H2,1-5H3,(H,62,63)(H,67,68,69)(H,70,71,72)/t54-,55+,56+,59?,60-,61+/m0/s1. The number of amides is 1. The molecule has 20 heteroatoms. The van der Waals surface area contributed by atoms with Crippen LogP contribution in [0.3, 0.4) is 0 Å². The molecule has 2 aromatic rings. The molecule has 5 N–H and O–H groups in total. The van der Waals surface area contributed by atoms with Crippen molar-refractivity contribution >= 4 is 32.1 Å². The molecule has 1 heterocycles. The van der Waals surface area contributed by atoms with Crippen molar-refractivity contribution in [2.75, 3.05) is 33.5 Å². The molecule has 1 unspecified atom stereocenters. The van der Waals surface area contributed by atoms with Crippen LogP contribution in [-0.2, 0) is 34.4 Å². The van der Waals surface area contributed by atoms with Gasteiger partial charge in [-0.3, -0.25) is 13.9 Å². The number of rotatable bonds is 48. The summed E-state index contributed by atoms with van der Waals surface area (Å²) in [7, 11) is -10.8. The van der Waals surface area contributed by atoms with Gasteiger partial charge in [0.05, 0.1) is 32.0 Å². The molecule has 1 saturated heterocycles. The first kappa shape index (κ1) is 71.5. The van der Waals surface area contributed by atoms with Gasteiger partial charge in [-0.15, -0.1) is 0 Å². The highest BCUT2D eigenvalue weighted by Crippen LogP contribution is 2.40. The first-order valence-corrected chi connectivity index (χ1v) is 33.8. The van der Waals surface area contributed by atoms with E-state index in [0.29, 0.717) is 37.7 Å². The predicted octanol–water partition coefficient (Wildman–Crippen LogP) is 13.2. The highest BCUT2D eigenvalue weighted by atomic mass is 32.2. The maximum Gasteiger partial charge on any atom is 0.338 e. The summed E-state index contributed by atoms with van der Waals surface area (Å²) in [4.78, 5) is 24.8. The number of hydrogen-bond acceptors (Lipinski definition) is 15. The maximum atomic E-state index is 14.5. The van der Waals surface area contributed by atoms with Crippen LogP contribution in [0.4, 0.5) is 0 Å². The molecule has 1 amide bonds. The number of aliphatic hydroxyl groups excluding tert-OH is 1. The molecule has 1 aliphatic heterocycles. The summed E-state index contributed by atoms with van der Waals surface area (Å²) in [5.74, 6) is -1.22. The van der Waals surface area contributed by atoms with Gasteiger partial charge in [0.25, 0.3) is 21.0 Å². The first-order valence-electron chi connectivity index (χ1n) is 30.8. The number of benzene rings is 2. The summed E-state index contributed by atoms with van der Waals surface area (Å²) in [5.41, 5.74) is -3.61. The van der Waals surface area contributed by atoms with E-state index in [1.54, 1.807) is 6.07 Å². The van der Waals surface area contributed by atoms with E-state index >= 15 is 0 Å². The Morgan fingerprint density at radius 3 is 1.21 bits per heavy atom. The van der Waals surface area contributed by atoms with E-state index in [1.807, 2.05) is 0 Å². The van der Waals surface area contributed by atoms with Gasteiger partial charge in [-0.2, -0.15) is 16.8 Å². The molecule has 2 aromatic carbocycles. The Hall–Kier alpha value is -3.76. The van der Waals surface area contributed by atoms with Gasteiger partial charge >= 0.3 is 16.1 Å². The second-order valence-corrected chi connectivity index (χ2v) is 24.9. The quantitative estimate of drug-likeness (QED) is 0.0234. The number of esters is 1. The zero-order chi connectivity index (χ0) is 59.4. The van der Waals surface area contributed by atoms with Crippen molar-refractivity contribution in [3.63, 3.8) is 0 Å². The summed E-state index contributed by atoms with van der Waals surface area (Å²) in [5, 5.41) is 25.6. The molecular weight excluding hydrogens is 1080 g/mol. The van der Waals surface area contributed by atoms with Gasteiger partial charge in [-0.1, -0.05) is 207 Å². The van der Waals surface area contributed by atoms with Gasteiger partial charge in [-0.05, 0) is 62.1 Å². The van der Waals surface area contributed by atoms with Gasteiger partial charge in [0, 0.05) is 12.7 Å². The van der Waals surface area contributed by atoms with Gasteiger partial charge in [0.15, 0.2) is 41.5 Å². The molecule has 81 heavy (non-hydrogen) atoms. The molecule has 0 radical (unpaired) electrons. The average Bonchev–Trinajstić information content (AvgIpc) is 3.56. The normalized spacial score (nSPS) is 18.8. The van der Waals surface area contributed by atoms with E-state index in [9.17, 15) is 45.7 Å². The lowest BCUT2D eigenvalue weighted by Crippen LogP contribution is -2.76. The van der Waals surface area contributed by atoms with Crippen molar-refractivity contribution < 1.29 is 78.9 Å². The van der Waals surface area contributed by atoms with Crippen LogP contribution in [0.1, 0.15) is 254 Å². The van der Waals surface area contributed by atoms with Crippen molar-refractivity contribution in [2.45, 2.75) is 268 Å². The van der Waals surface area contributed by atoms with Crippen LogP contribution in [0, 0.1) is 0 Å². The highest BCUT2D eigenvalue weighted by molar-refractivity contribution is 7.87. The number of carbonyl (C=O) groups is 2. The van der Waals surface area contributed by atoms with Crippen molar-refractivity contribution in [3.8, 4) is 23.0 Å². The lowest BCUT2D eigenvalue weighted by Gasteiger charge is -2.49. The van der Waals surface area contributed by atoms with Crippen LogP contribution in [0.2, 0.25) is 0 Å². The lowest BCUT2D eigenvalue weighted by atomic mass is 9.95. The highest BCUT2D eigenvalue weighted by Gasteiger charge is 2.69. The minimum atomic E-state index is -6.11. The first-order chi connectivity index (χ1) is 39.0. The number of aliphatic hydroxyl groups is 2. The molecule has 3 rings (SSSR count). The summed E-state index contributed by atoms with van der Waals surface area (Å²) >= 11 is 0. The lowest BCUT2D eigenvalue weighted by molar-refractivity contribution is -0.279. The summed E-state index contributed by atoms with van der Waals surface area (Å²) in [6.07, 6.45) is 26.7. The predicted molar refractivity (Wildman–Crippen MR) is 315 cm³/mol. The largest absolute Gasteiger partial charge is 0.490 e. The molecule has 18 nitrogen and oxygen atoms in total. The number of carbonyl (C=O) groups excluding carboxylic acids is 2. The number of hydrogen-bond donors (Lipinski definition) is 5. The molecule has 466 valence electrons. The minimum Gasteiger partial charge on any atom is -0.490 e. The Labute approximate surface area is 486 Å². The van der Waals surface area contributed by atoms with Gasteiger partial charge in [-0.25, -0.2) is 4.79 Å². The Kier molecular flexibility index (Phi) is 35.7. The fourth-order valence-electron chi connectivity index (χ4n) is 9.95. The van der Waals surface area contributed by atoms with Crippen molar-refractivity contribution in [2.24, 2.45) is 0 Å². The molecule has 0 aliphatic carbocycles. The average molecular weight is 1190 g/mol. The molecule has 0 spiro atoms. The van der Waals surface area contributed by atoms with Crippen LogP contribution in [0.25, 0.3) is 0 Å². The SMILES string of the molecule is CCCCCCCCCCOc1ccc(C(=O)N[C@@H]2[C@@H](OC)O[C@H](C(O)S(=O)(=O)O)[C@](O)(S(=O)(=O)O)[C@@H]2OC(=O)c2ccc(OCCCCCCCCCC)c(OCCCCCCCCCC)c2)cc1OCCCCCCCCCC. The third-order valence-corrected chi connectivity index (χ3v) is 17.0. The monoisotopic (exact) mass is 1190 g/mol. The third kappa shape index (κ3) is 26.0. The van der Waals surface area contributed by atoms with E-state index in [1.165, 1.54) is 120 Å². The molecular formula is C61H103NO17S2. The van der Waals surface area contributed by atoms with Gasteiger partial charge in [0.1, 0.15) is 6.04 Å². The van der Waals surface area contributed by atoms with Crippen molar-refractivity contribution in [1.29, 1.82) is 0 Å². The number of methoxy groups -OCH3 is 1. The molecule has 0 bridgehead atoms. The molecule has 1 aliphatic rings. The van der Waals surface area contributed by atoms with E-state index in [-0.39, 0.29) is 29.2 Å². The van der Waals surface area contributed by atoms with Crippen molar-refractivity contribution in [3.05, 3.63) is 47.5 Å². The zero-order valence-electron chi connectivity index (χ0n) is 49.7. The van der Waals surface area contributed by atoms with Gasteiger partial charge in [0.2, 0.25) is 5.44 Å². The molecule has 0 saturated carbocycles. The van der Waals surface area contributed by atoms with E-state index in [2.05, 4.69) is 33.0 Å². The second kappa shape index (κ2) is 40.5. The molecule has 1 fully saturated rings. The minimum absolute atomic E-state index is 0.0726. The smallest absolute Gasteiger partial charge is 0.338 e. The summed E-state index contributed by atoms with van der Waals surface area (Å²) < 4.78 is 114. The van der Waals surface area contributed by atoms with Crippen LogP contribution < -0.4 is 24.3 Å². The topological polar surface area (TPSA) is 260 Å². The van der Waals surface area contributed by atoms with Crippen LogP contribution in [0.5, 0.6) is 23.0 Å². The van der Waals surface area contributed by atoms with Crippen molar-refractivity contribution in [1.82, 2.24) is 5.32 Å². The fourth-order valence-corrected chi connectivity index (χ4v) is 11.6. The fraction of sp³-hybridized carbons (Fsp3) is 0.770. The maximum absolute atomic E-state index is 14.5. The third-order valence-electron chi connectivity index (χ3n) is 14.9. The zero-order valence-corrected chi connectivity index (χ0v) is 51.4. The second-order valence-electron chi connectivity index (χ2n) is 21.7. The van der Waals surface area contributed by atoms with Crippen LogP contribution in [-0.4, -0.2) is 116 Å². The van der Waals surface area contributed by atoms with Crippen LogP contribution in [0.15, 0.2) is 36.4 Å². The number of unbranched alkanes of at least 4 members (excludes halogenated alkanes) is 28. The molecule has 0 aromatic heterocycles. The summed E-state index contributed by atoms with van der Waals surface area (Å²) in [6.45, 7) is 10.0.